The largest absolute Gasteiger partial charge is 0.491 e. The number of unbranched alkanes of at least 4 members (excludes halogenated alkanes) is 3. The molecule has 0 radical (unpaired) electrons. The molecule has 0 fully saturated rings. The average Bonchev–Trinajstić information content (AvgIpc) is 2.71. The molecule has 0 saturated carbocycles. The molecule has 0 unspecified atom stereocenters. The smallest absolute Gasteiger partial charge is 0.162 e. The lowest BCUT2D eigenvalue weighted by Gasteiger charge is -2.44. The second kappa shape index (κ2) is 10.2. The van der Waals surface area contributed by atoms with Crippen molar-refractivity contribution in [1.29, 1.82) is 0 Å². The first kappa shape index (κ1) is 26.7. The summed E-state index contributed by atoms with van der Waals surface area (Å²) in [5.74, 6) is 0.706. The molecule has 6 heteroatoms. The van der Waals surface area contributed by atoms with Crippen LogP contribution in [0.3, 0.4) is 0 Å². The van der Waals surface area contributed by atoms with Crippen molar-refractivity contribution in [2.45, 2.75) is 91.9 Å². The molecule has 2 aliphatic carbocycles. The zero-order chi connectivity index (χ0) is 25.5. The maximum atomic E-state index is 13.5. The van der Waals surface area contributed by atoms with Crippen LogP contribution in [0, 0.1) is 10.8 Å². The number of hydrogen-bond acceptors (Lipinski definition) is 4. The Kier molecular flexibility index (Phi) is 7.74. The van der Waals surface area contributed by atoms with E-state index in [2.05, 4.69) is 71.8 Å². The number of dihydropyridines is 1. The van der Waals surface area contributed by atoms with Gasteiger partial charge in [0.1, 0.15) is 5.75 Å². The predicted molar refractivity (Wildman–Crippen MR) is 147 cm³/mol. The van der Waals surface area contributed by atoms with Gasteiger partial charge in [-0.15, -0.1) is 0 Å². The Hall–Kier alpha value is -1.40. The molecule has 0 atom stereocenters. The van der Waals surface area contributed by atoms with Gasteiger partial charge in [0.05, 0.1) is 15.6 Å². The number of carbonyl (C=O) groups excluding carboxylic acids is 2. The van der Waals surface area contributed by atoms with E-state index in [1.54, 1.807) is 0 Å². The van der Waals surface area contributed by atoms with Crippen LogP contribution in [0.25, 0.3) is 0 Å². The molecule has 1 aromatic rings. The van der Waals surface area contributed by atoms with Gasteiger partial charge in [-0.25, -0.2) is 0 Å². The Bertz CT molecular complexity index is 1040. The van der Waals surface area contributed by atoms with E-state index in [0.29, 0.717) is 19.4 Å². The SMILES string of the molecule is CCCCCCOc1c(Br)cc(C2C3=C(CC(C)(C)CC3=O)NC3=C2C(=O)CC(C)(C)C3)cc1Br. The van der Waals surface area contributed by atoms with Crippen molar-refractivity contribution < 1.29 is 14.3 Å². The van der Waals surface area contributed by atoms with Crippen LogP contribution in [-0.4, -0.2) is 18.2 Å². The van der Waals surface area contributed by atoms with Crippen LogP contribution in [0.2, 0.25) is 0 Å². The van der Waals surface area contributed by atoms with Gasteiger partial charge in [0.25, 0.3) is 0 Å². The molecule has 1 aromatic carbocycles. The molecule has 4 nitrogen and oxygen atoms in total. The Balaban J connectivity index is 1.75. The molecule has 3 aliphatic rings. The predicted octanol–water partition coefficient (Wildman–Crippen LogP) is 8.14. The zero-order valence-electron chi connectivity index (χ0n) is 21.6. The molecular formula is C29H37Br2NO3. The third-order valence-corrected chi connectivity index (χ3v) is 8.50. The van der Waals surface area contributed by atoms with Crippen LogP contribution in [-0.2, 0) is 9.59 Å². The minimum absolute atomic E-state index is 0.101. The number of rotatable bonds is 7. The summed E-state index contributed by atoms with van der Waals surface area (Å²) in [5.41, 5.74) is 4.26. The van der Waals surface area contributed by atoms with Crippen molar-refractivity contribution in [3.8, 4) is 5.75 Å². The highest BCUT2D eigenvalue weighted by molar-refractivity contribution is 9.11. The van der Waals surface area contributed by atoms with E-state index in [-0.39, 0.29) is 28.3 Å². The summed E-state index contributed by atoms with van der Waals surface area (Å²) in [6, 6.07) is 4.08. The van der Waals surface area contributed by atoms with Crippen LogP contribution in [0.5, 0.6) is 5.75 Å². The van der Waals surface area contributed by atoms with Gasteiger partial charge in [-0.1, -0.05) is 53.9 Å². The van der Waals surface area contributed by atoms with Crippen molar-refractivity contribution in [3.05, 3.63) is 49.2 Å². The third kappa shape index (κ3) is 5.64. The minimum atomic E-state index is -0.348. The van der Waals surface area contributed by atoms with Crippen molar-refractivity contribution in [2.24, 2.45) is 10.8 Å². The molecule has 0 saturated heterocycles. The number of benzene rings is 1. The Morgan fingerprint density at radius 2 is 1.37 bits per heavy atom. The number of carbonyl (C=O) groups is 2. The maximum absolute atomic E-state index is 13.5. The van der Waals surface area contributed by atoms with Gasteiger partial charge in [-0.3, -0.25) is 9.59 Å². The molecule has 1 heterocycles. The van der Waals surface area contributed by atoms with Gasteiger partial charge >= 0.3 is 0 Å². The summed E-state index contributed by atoms with van der Waals surface area (Å²) in [6.45, 7) is 11.4. The number of allylic oxidation sites excluding steroid dienone is 4. The van der Waals surface area contributed by atoms with Crippen LogP contribution >= 0.6 is 31.9 Å². The summed E-state index contributed by atoms with van der Waals surface area (Å²) in [6.07, 6.45) is 7.17. The van der Waals surface area contributed by atoms with Crippen molar-refractivity contribution in [2.75, 3.05) is 6.61 Å². The van der Waals surface area contributed by atoms with E-state index in [9.17, 15) is 9.59 Å². The van der Waals surface area contributed by atoms with E-state index < -0.39 is 0 Å². The topological polar surface area (TPSA) is 55.4 Å². The first-order valence-corrected chi connectivity index (χ1v) is 14.4. The number of hydrogen-bond donors (Lipinski definition) is 1. The standard InChI is InChI=1S/C29H37Br2NO3/c1-6-7-8-9-10-35-27-18(30)11-17(12-19(27)31)24-25-20(13-28(2,3)15-22(25)33)32-21-14-29(4,5)16-23(34)26(21)24/h11-12,24,32H,6-10,13-16H2,1-5H3. The maximum Gasteiger partial charge on any atom is 0.162 e. The molecule has 1 N–H and O–H groups in total. The molecule has 35 heavy (non-hydrogen) atoms. The number of Topliss-reactive ketones (excluding diaryl/α,β-unsaturated/α-hetero) is 2. The van der Waals surface area contributed by atoms with Gasteiger partial charge in [0.15, 0.2) is 11.6 Å². The fourth-order valence-electron chi connectivity index (χ4n) is 5.81. The van der Waals surface area contributed by atoms with Crippen molar-refractivity contribution in [1.82, 2.24) is 5.32 Å². The van der Waals surface area contributed by atoms with Crippen molar-refractivity contribution in [3.63, 3.8) is 0 Å². The van der Waals surface area contributed by atoms with Gasteiger partial charge in [0.2, 0.25) is 0 Å². The lowest BCUT2D eigenvalue weighted by molar-refractivity contribution is -0.119. The number of nitrogens with one attached hydrogen (secondary N) is 1. The molecule has 0 spiro atoms. The van der Waals surface area contributed by atoms with E-state index in [1.165, 1.54) is 12.8 Å². The second-order valence-electron chi connectivity index (χ2n) is 11.9. The molecule has 1 aliphatic heterocycles. The quantitative estimate of drug-likeness (QED) is 0.318. The van der Waals surface area contributed by atoms with Gasteiger partial charge in [-0.05, 0) is 79.6 Å². The Labute approximate surface area is 226 Å². The van der Waals surface area contributed by atoms with E-state index in [1.807, 2.05) is 12.1 Å². The van der Waals surface area contributed by atoms with Crippen LogP contribution in [0.15, 0.2) is 43.6 Å². The summed E-state index contributed by atoms with van der Waals surface area (Å²) in [7, 11) is 0. The highest BCUT2D eigenvalue weighted by Gasteiger charge is 2.46. The molecule has 0 amide bonds. The molecule has 0 bridgehead atoms. The number of halogens is 2. The highest BCUT2D eigenvalue weighted by Crippen LogP contribution is 2.52. The molecule has 0 aromatic heterocycles. The molecule has 190 valence electrons. The Morgan fingerprint density at radius 3 is 1.86 bits per heavy atom. The van der Waals surface area contributed by atoms with Gasteiger partial charge in [0, 0.05) is 41.3 Å². The fraction of sp³-hybridized carbons (Fsp3) is 0.586. The molecular weight excluding hydrogens is 570 g/mol. The van der Waals surface area contributed by atoms with Crippen LogP contribution in [0.4, 0.5) is 0 Å². The normalized spacial score (nSPS) is 21.6. The molecule has 4 rings (SSSR count). The van der Waals surface area contributed by atoms with Gasteiger partial charge < -0.3 is 10.1 Å². The summed E-state index contributed by atoms with van der Waals surface area (Å²) in [4.78, 5) is 27.0. The van der Waals surface area contributed by atoms with E-state index in [0.717, 1.165) is 68.5 Å². The van der Waals surface area contributed by atoms with Gasteiger partial charge in [-0.2, -0.15) is 0 Å². The first-order chi connectivity index (χ1) is 16.4. The zero-order valence-corrected chi connectivity index (χ0v) is 24.7. The lowest BCUT2D eigenvalue weighted by Crippen LogP contribution is -2.42. The number of ketones is 2. The summed E-state index contributed by atoms with van der Waals surface area (Å²) < 4.78 is 7.78. The van der Waals surface area contributed by atoms with E-state index >= 15 is 0 Å². The van der Waals surface area contributed by atoms with Crippen LogP contribution in [0.1, 0.15) is 97.5 Å². The highest BCUT2D eigenvalue weighted by atomic mass is 79.9. The average molecular weight is 607 g/mol. The van der Waals surface area contributed by atoms with Crippen LogP contribution < -0.4 is 10.1 Å². The third-order valence-electron chi connectivity index (χ3n) is 7.32. The lowest BCUT2D eigenvalue weighted by atomic mass is 9.64. The number of ether oxygens (including phenoxy) is 1. The minimum Gasteiger partial charge on any atom is -0.491 e. The van der Waals surface area contributed by atoms with Crippen molar-refractivity contribution >= 4 is 43.4 Å². The first-order valence-electron chi connectivity index (χ1n) is 12.8. The second-order valence-corrected chi connectivity index (χ2v) is 13.7. The Morgan fingerprint density at radius 1 is 0.857 bits per heavy atom. The summed E-state index contributed by atoms with van der Waals surface area (Å²) >= 11 is 7.43. The monoisotopic (exact) mass is 605 g/mol. The van der Waals surface area contributed by atoms with E-state index in [4.69, 9.17) is 4.74 Å². The summed E-state index contributed by atoms with van der Waals surface area (Å²) in [5, 5.41) is 3.58. The fourth-order valence-corrected chi connectivity index (χ4v) is 7.26.